The number of anilines is 2. The number of carbonyl (C=O) groups is 1. The van der Waals surface area contributed by atoms with Crippen LogP contribution in [-0.4, -0.2) is 31.1 Å². The molecule has 128 valence electrons. The topological polar surface area (TPSA) is 54.5 Å². The van der Waals surface area contributed by atoms with E-state index in [0.717, 1.165) is 36.6 Å². The summed E-state index contributed by atoms with van der Waals surface area (Å²) < 4.78 is 5.39. The number of unbranched alkanes of at least 4 members (excludes halogenated alkanes) is 1. The van der Waals surface area contributed by atoms with Crippen LogP contribution in [0.1, 0.15) is 37.0 Å². The largest absolute Gasteiger partial charge is 0.494 e. The molecule has 0 atom stereocenters. The second-order valence-corrected chi connectivity index (χ2v) is 5.59. The number of aromatic nitrogens is 1. The fourth-order valence-electron chi connectivity index (χ4n) is 2.26. The molecular formula is C19H25N3O2. The molecule has 0 spiro atoms. The molecule has 2 rings (SSSR count). The highest BCUT2D eigenvalue weighted by atomic mass is 16.5. The van der Waals surface area contributed by atoms with Crippen molar-refractivity contribution in [1.82, 2.24) is 4.98 Å². The van der Waals surface area contributed by atoms with Gasteiger partial charge in [-0.1, -0.05) is 13.3 Å². The summed E-state index contributed by atoms with van der Waals surface area (Å²) in [6.07, 6.45) is 3.88. The summed E-state index contributed by atoms with van der Waals surface area (Å²) in [5.41, 5.74) is 1.27. The summed E-state index contributed by atoms with van der Waals surface area (Å²) in [5, 5.41) is 2.86. The van der Waals surface area contributed by atoms with Crippen LogP contribution in [0.25, 0.3) is 0 Å². The molecule has 0 saturated heterocycles. The summed E-state index contributed by atoms with van der Waals surface area (Å²) in [4.78, 5) is 18.8. The van der Waals surface area contributed by atoms with E-state index in [0.29, 0.717) is 12.2 Å². The second-order valence-electron chi connectivity index (χ2n) is 5.59. The molecule has 0 aliphatic rings. The lowest BCUT2D eigenvalue weighted by Crippen LogP contribution is -2.20. The maximum Gasteiger partial charge on any atom is 0.257 e. The van der Waals surface area contributed by atoms with Crippen molar-refractivity contribution in [2.75, 3.05) is 30.4 Å². The first-order chi connectivity index (χ1) is 11.6. The Hall–Kier alpha value is -2.56. The van der Waals surface area contributed by atoms with Crippen molar-refractivity contribution in [3.63, 3.8) is 0 Å². The molecule has 0 saturated carbocycles. The van der Waals surface area contributed by atoms with Gasteiger partial charge in [0.05, 0.1) is 12.2 Å². The molecule has 0 bridgehead atoms. The fourth-order valence-corrected chi connectivity index (χ4v) is 2.26. The van der Waals surface area contributed by atoms with Crippen molar-refractivity contribution in [2.24, 2.45) is 0 Å². The number of benzene rings is 1. The maximum atomic E-state index is 12.3. The third kappa shape index (κ3) is 4.98. The van der Waals surface area contributed by atoms with Gasteiger partial charge in [0.25, 0.3) is 5.91 Å². The van der Waals surface area contributed by atoms with Crippen molar-refractivity contribution in [3.05, 3.63) is 48.2 Å². The van der Waals surface area contributed by atoms with Gasteiger partial charge >= 0.3 is 0 Å². The minimum absolute atomic E-state index is 0.172. The van der Waals surface area contributed by atoms with Crippen LogP contribution in [0, 0.1) is 0 Å². The molecule has 5 nitrogen and oxygen atoms in total. The Balaban J connectivity index is 1.96. The lowest BCUT2D eigenvalue weighted by atomic mass is 10.2. The molecule has 1 amide bonds. The Labute approximate surface area is 143 Å². The molecule has 5 heteroatoms. The van der Waals surface area contributed by atoms with E-state index in [2.05, 4.69) is 22.1 Å². The number of hydrogen-bond acceptors (Lipinski definition) is 4. The first-order valence-corrected chi connectivity index (χ1v) is 8.35. The van der Waals surface area contributed by atoms with Gasteiger partial charge in [-0.15, -0.1) is 0 Å². The Kier molecular flexibility index (Phi) is 6.61. The highest BCUT2D eigenvalue weighted by molar-refractivity contribution is 6.04. The second kappa shape index (κ2) is 8.91. The number of carbonyl (C=O) groups excluding carboxylic acids is 1. The third-order valence-corrected chi connectivity index (χ3v) is 3.67. The number of ether oxygens (including phenoxy) is 1. The monoisotopic (exact) mass is 327 g/mol. The maximum absolute atomic E-state index is 12.3. The average molecular weight is 327 g/mol. The Bertz CT molecular complexity index is 639. The van der Waals surface area contributed by atoms with Gasteiger partial charge < -0.3 is 15.0 Å². The van der Waals surface area contributed by atoms with E-state index < -0.39 is 0 Å². The van der Waals surface area contributed by atoms with E-state index in [9.17, 15) is 4.79 Å². The van der Waals surface area contributed by atoms with Crippen LogP contribution in [-0.2, 0) is 0 Å². The lowest BCUT2D eigenvalue weighted by Gasteiger charge is -2.17. The zero-order chi connectivity index (χ0) is 17.4. The summed E-state index contributed by atoms with van der Waals surface area (Å²) in [7, 11) is 2.01. The van der Waals surface area contributed by atoms with E-state index in [4.69, 9.17) is 4.74 Å². The smallest absolute Gasteiger partial charge is 0.257 e. The Morgan fingerprint density at radius 2 is 1.92 bits per heavy atom. The number of hydrogen-bond donors (Lipinski definition) is 1. The van der Waals surface area contributed by atoms with Gasteiger partial charge in [-0.25, -0.2) is 4.98 Å². The molecule has 1 aromatic carbocycles. The van der Waals surface area contributed by atoms with Crippen LogP contribution in [0.2, 0.25) is 0 Å². The standard InChI is InChI=1S/C19H25N3O2/c1-4-6-13-22(3)18-12-7-15(14-20-18)19(23)21-16-8-10-17(11-9-16)24-5-2/h7-12,14H,4-6,13H2,1-3H3,(H,21,23). The Morgan fingerprint density at radius 1 is 1.17 bits per heavy atom. The lowest BCUT2D eigenvalue weighted by molar-refractivity contribution is 0.102. The molecule has 1 N–H and O–H groups in total. The molecule has 24 heavy (non-hydrogen) atoms. The van der Waals surface area contributed by atoms with E-state index in [1.165, 1.54) is 0 Å². The molecule has 0 aliphatic carbocycles. The highest BCUT2D eigenvalue weighted by Crippen LogP contribution is 2.17. The molecule has 0 unspecified atom stereocenters. The first-order valence-electron chi connectivity index (χ1n) is 8.35. The Morgan fingerprint density at radius 3 is 2.50 bits per heavy atom. The quantitative estimate of drug-likeness (QED) is 0.797. The van der Waals surface area contributed by atoms with E-state index >= 15 is 0 Å². The van der Waals surface area contributed by atoms with Crippen LogP contribution in [0.3, 0.4) is 0 Å². The SMILES string of the molecule is CCCCN(C)c1ccc(C(=O)Nc2ccc(OCC)cc2)cn1. The highest BCUT2D eigenvalue weighted by Gasteiger charge is 2.08. The number of pyridine rings is 1. The molecule has 1 aromatic heterocycles. The number of nitrogens with zero attached hydrogens (tertiary/aromatic N) is 2. The van der Waals surface area contributed by atoms with Crippen molar-refractivity contribution < 1.29 is 9.53 Å². The van der Waals surface area contributed by atoms with Crippen molar-refractivity contribution in [1.29, 1.82) is 0 Å². The van der Waals surface area contributed by atoms with Crippen molar-refractivity contribution in [2.45, 2.75) is 26.7 Å². The molecule has 0 radical (unpaired) electrons. The van der Waals surface area contributed by atoms with Gasteiger partial charge in [0.1, 0.15) is 11.6 Å². The molecule has 1 heterocycles. The van der Waals surface area contributed by atoms with E-state index in [1.54, 1.807) is 12.3 Å². The summed E-state index contributed by atoms with van der Waals surface area (Å²) in [5.74, 6) is 1.49. The normalized spacial score (nSPS) is 10.3. The zero-order valence-electron chi connectivity index (χ0n) is 14.6. The van der Waals surface area contributed by atoms with Crippen LogP contribution in [0.5, 0.6) is 5.75 Å². The predicted molar refractivity (Wildman–Crippen MR) is 98.0 cm³/mol. The van der Waals surface area contributed by atoms with E-state index in [-0.39, 0.29) is 5.91 Å². The molecule has 0 fully saturated rings. The van der Waals surface area contributed by atoms with Crippen molar-refractivity contribution in [3.8, 4) is 5.75 Å². The first kappa shape index (κ1) is 17.8. The summed E-state index contributed by atoms with van der Waals surface area (Å²) >= 11 is 0. The number of nitrogens with one attached hydrogen (secondary N) is 1. The van der Waals surface area contributed by atoms with Gasteiger partial charge in [-0.3, -0.25) is 4.79 Å². The minimum Gasteiger partial charge on any atom is -0.494 e. The minimum atomic E-state index is -0.172. The van der Waals surface area contributed by atoms with Gasteiger partial charge in [0.2, 0.25) is 0 Å². The van der Waals surface area contributed by atoms with Crippen LogP contribution in [0.15, 0.2) is 42.6 Å². The van der Waals surface area contributed by atoms with E-state index in [1.807, 2.05) is 44.3 Å². The fraction of sp³-hybridized carbons (Fsp3) is 0.368. The number of rotatable bonds is 8. The van der Waals surface area contributed by atoms with Gasteiger partial charge in [-0.05, 0) is 49.7 Å². The predicted octanol–water partition coefficient (Wildman–Crippen LogP) is 3.97. The molecular weight excluding hydrogens is 302 g/mol. The summed E-state index contributed by atoms with van der Waals surface area (Å²) in [6, 6.07) is 11.0. The van der Waals surface area contributed by atoms with Crippen LogP contribution >= 0.6 is 0 Å². The van der Waals surface area contributed by atoms with Gasteiger partial charge in [-0.2, -0.15) is 0 Å². The number of amides is 1. The van der Waals surface area contributed by atoms with Gasteiger partial charge in [0, 0.05) is 25.5 Å². The summed E-state index contributed by atoms with van der Waals surface area (Å²) in [6.45, 7) is 5.68. The van der Waals surface area contributed by atoms with Crippen LogP contribution < -0.4 is 15.0 Å². The van der Waals surface area contributed by atoms with Gasteiger partial charge in [0.15, 0.2) is 0 Å². The van der Waals surface area contributed by atoms with Crippen molar-refractivity contribution >= 4 is 17.4 Å². The molecule has 2 aromatic rings. The molecule has 0 aliphatic heterocycles. The zero-order valence-corrected chi connectivity index (χ0v) is 14.6. The average Bonchev–Trinajstić information content (AvgIpc) is 2.61. The third-order valence-electron chi connectivity index (χ3n) is 3.67. The van der Waals surface area contributed by atoms with Crippen LogP contribution in [0.4, 0.5) is 11.5 Å².